The SMILES string of the molecule is CC1c2ccsc2CCN1C(=O)CCc1nc2c(cnn2-c2ccccc2)c(=O)[nH]1. The Hall–Kier alpha value is -3.26. The predicted molar refractivity (Wildman–Crippen MR) is 116 cm³/mol. The zero-order valence-electron chi connectivity index (χ0n) is 16.5. The molecule has 30 heavy (non-hydrogen) atoms. The highest BCUT2D eigenvalue weighted by Crippen LogP contribution is 2.33. The van der Waals surface area contributed by atoms with E-state index in [1.165, 1.54) is 16.6 Å². The van der Waals surface area contributed by atoms with Crippen LogP contribution in [0.4, 0.5) is 0 Å². The van der Waals surface area contributed by atoms with Crippen molar-refractivity contribution in [1.29, 1.82) is 0 Å². The fourth-order valence-corrected chi connectivity index (χ4v) is 5.02. The van der Waals surface area contributed by atoms with Crippen LogP contribution in [0.25, 0.3) is 16.7 Å². The fraction of sp³-hybridized carbons (Fsp3) is 0.273. The van der Waals surface area contributed by atoms with Gasteiger partial charge in [-0.15, -0.1) is 11.3 Å². The minimum atomic E-state index is -0.237. The van der Waals surface area contributed by atoms with Gasteiger partial charge in [0, 0.05) is 24.3 Å². The predicted octanol–water partition coefficient (Wildman–Crippen LogP) is 3.25. The summed E-state index contributed by atoms with van der Waals surface area (Å²) in [5.41, 5.74) is 2.35. The Morgan fingerprint density at radius 3 is 2.93 bits per heavy atom. The average Bonchev–Trinajstić information content (AvgIpc) is 3.41. The molecule has 1 atom stereocenters. The van der Waals surface area contributed by atoms with E-state index in [0.717, 1.165) is 18.7 Å². The minimum Gasteiger partial charge on any atom is -0.336 e. The fourth-order valence-electron chi connectivity index (χ4n) is 4.06. The highest BCUT2D eigenvalue weighted by molar-refractivity contribution is 7.10. The molecule has 0 saturated heterocycles. The van der Waals surface area contributed by atoms with Crippen molar-refractivity contribution in [3.05, 3.63) is 74.6 Å². The van der Waals surface area contributed by atoms with E-state index in [9.17, 15) is 9.59 Å². The van der Waals surface area contributed by atoms with Crippen LogP contribution in [0.5, 0.6) is 0 Å². The molecule has 0 saturated carbocycles. The van der Waals surface area contributed by atoms with Crippen molar-refractivity contribution >= 4 is 28.3 Å². The van der Waals surface area contributed by atoms with Crippen LogP contribution >= 0.6 is 11.3 Å². The molecule has 0 aliphatic carbocycles. The van der Waals surface area contributed by atoms with Crippen LogP contribution in [0.15, 0.2) is 52.8 Å². The molecule has 4 aromatic rings. The zero-order chi connectivity index (χ0) is 20.7. The Balaban J connectivity index is 1.37. The molecule has 1 aliphatic heterocycles. The number of carbonyl (C=O) groups excluding carboxylic acids is 1. The maximum Gasteiger partial charge on any atom is 0.262 e. The second kappa shape index (κ2) is 7.53. The third kappa shape index (κ3) is 3.23. The number of benzene rings is 1. The molecule has 0 fully saturated rings. The van der Waals surface area contributed by atoms with Crippen LogP contribution in [0, 0.1) is 0 Å². The molecule has 0 spiro atoms. The number of nitrogens with one attached hydrogen (secondary N) is 1. The van der Waals surface area contributed by atoms with E-state index in [1.54, 1.807) is 16.0 Å². The lowest BCUT2D eigenvalue weighted by atomic mass is 10.0. The molecule has 7 nitrogen and oxygen atoms in total. The number of carbonyl (C=O) groups is 1. The van der Waals surface area contributed by atoms with Gasteiger partial charge in [0.25, 0.3) is 5.56 Å². The molecule has 5 rings (SSSR count). The van der Waals surface area contributed by atoms with Crippen molar-refractivity contribution in [3.63, 3.8) is 0 Å². The maximum absolute atomic E-state index is 12.9. The average molecular weight is 420 g/mol. The number of thiophene rings is 1. The third-order valence-electron chi connectivity index (χ3n) is 5.66. The first-order chi connectivity index (χ1) is 14.6. The Bertz CT molecular complexity index is 1270. The highest BCUT2D eigenvalue weighted by Gasteiger charge is 2.28. The summed E-state index contributed by atoms with van der Waals surface area (Å²) in [6.45, 7) is 2.81. The van der Waals surface area contributed by atoms with Crippen molar-refractivity contribution in [2.24, 2.45) is 0 Å². The number of aryl methyl sites for hydroxylation is 1. The number of para-hydroxylation sites is 1. The van der Waals surface area contributed by atoms with E-state index < -0.39 is 0 Å². The van der Waals surface area contributed by atoms with Gasteiger partial charge in [0.05, 0.1) is 17.9 Å². The number of rotatable bonds is 4. The number of fused-ring (bicyclic) bond motifs is 2. The molecule has 1 amide bonds. The van der Waals surface area contributed by atoms with Gasteiger partial charge in [-0.05, 0) is 42.5 Å². The van der Waals surface area contributed by atoms with Crippen LogP contribution in [-0.4, -0.2) is 37.1 Å². The van der Waals surface area contributed by atoms with Crippen molar-refractivity contribution in [1.82, 2.24) is 24.6 Å². The van der Waals surface area contributed by atoms with Crippen LogP contribution in [0.2, 0.25) is 0 Å². The van der Waals surface area contributed by atoms with Crippen molar-refractivity contribution in [3.8, 4) is 5.69 Å². The molecular weight excluding hydrogens is 398 g/mol. The van der Waals surface area contributed by atoms with Gasteiger partial charge in [-0.3, -0.25) is 9.59 Å². The van der Waals surface area contributed by atoms with Crippen LogP contribution in [0.1, 0.15) is 35.7 Å². The number of hydrogen-bond donors (Lipinski definition) is 1. The maximum atomic E-state index is 12.9. The highest BCUT2D eigenvalue weighted by atomic mass is 32.1. The van der Waals surface area contributed by atoms with E-state index in [0.29, 0.717) is 29.7 Å². The Morgan fingerprint density at radius 2 is 2.10 bits per heavy atom. The molecule has 1 aromatic carbocycles. The molecule has 0 bridgehead atoms. The van der Waals surface area contributed by atoms with Crippen molar-refractivity contribution in [2.75, 3.05) is 6.54 Å². The van der Waals surface area contributed by atoms with E-state index in [2.05, 4.69) is 33.4 Å². The monoisotopic (exact) mass is 419 g/mol. The van der Waals surface area contributed by atoms with Gasteiger partial charge in [-0.25, -0.2) is 9.67 Å². The van der Waals surface area contributed by atoms with Gasteiger partial charge in [-0.2, -0.15) is 5.10 Å². The van der Waals surface area contributed by atoms with Crippen LogP contribution in [0.3, 0.4) is 0 Å². The Morgan fingerprint density at radius 1 is 1.27 bits per heavy atom. The Kier molecular flexibility index (Phi) is 4.71. The first kappa shape index (κ1) is 18.7. The van der Waals surface area contributed by atoms with Gasteiger partial charge >= 0.3 is 0 Å². The summed E-state index contributed by atoms with van der Waals surface area (Å²) in [4.78, 5) is 36.1. The summed E-state index contributed by atoms with van der Waals surface area (Å²) in [5, 5.41) is 6.85. The summed E-state index contributed by atoms with van der Waals surface area (Å²) in [7, 11) is 0. The van der Waals surface area contributed by atoms with E-state index in [1.807, 2.05) is 35.2 Å². The van der Waals surface area contributed by atoms with Gasteiger partial charge in [0.15, 0.2) is 5.65 Å². The van der Waals surface area contributed by atoms with Crippen LogP contribution in [-0.2, 0) is 17.6 Å². The second-order valence-electron chi connectivity index (χ2n) is 7.45. The summed E-state index contributed by atoms with van der Waals surface area (Å²) >= 11 is 1.76. The topological polar surface area (TPSA) is 83.9 Å². The third-order valence-corrected chi connectivity index (χ3v) is 6.66. The summed E-state index contributed by atoms with van der Waals surface area (Å²) in [5.74, 6) is 0.582. The molecule has 1 N–H and O–H groups in total. The number of amides is 1. The lowest BCUT2D eigenvalue weighted by Gasteiger charge is -2.33. The zero-order valence-corrected chi connectivity index (χ0v) is 17.4. The number of aromatic nitrogens is 4. The Labute approximate surface area is 177 Å². The first-order valence-electron chi connectivity index (χ1n) is 10.00. The van der Waals surface area contributed by atoms with E-state index in [-0.39, 0.29) is 17.5 Å². The standard InChI is InChI=1S/C22H21N5O2S/c1-14-16-10-12-30-18(16)9-11-26(14)20(28)8-7-19-24-21-17(22(29)25-19)13-23-27(21)15-5-3-2-4-6-15/h2-6,10,12-14H,7-9,11H2,1H3,(H,24,25,29). The first-order valence-corrected chi connectivity index (χ1v) is 10.9. The summed E-state index contributed by atoms with van der Waals surface area (Å²) in [6.07, 6.45) is 3.11. The van der Waals surface area contributed by atoms with E-state index in [4.69, 9.17) is 0 Å². The normalized spacial score (nSPS) is 16.0. The lowest BCUT2D eigenvalue weighted by Crippen LogP contribution is -2.38. The molecule has 1 aliphatic rings. The number of H-pyrrole nitrogens is 1. The molecule has 152 valence electrons. The second-order valence-corrected chi connectivity index (χ2v) is 8.45. The minimum absolute atomic E-state index is 0.0821. The van der Waals surface area contributed by atoms with Crippen LogP contribution < -0.4 is 5.56 Å². The summed E-state index contributed by atoms with van der Waals surface area (Å²) < 4.78 is 1.65. The van der Waals surface area contributed by atoms with Crippen molar-refractivity contribution < 1.29 is 4.79 Å². The van der Waals surface area contributed by atoms with Gasteiger partial charge in [0.1, 0.15) is 11.2 Å². The summed E-state index contributed by atoms with van der Waals surface area (Å²) in [6, 6.07) is 11.8. The number of hydrogen-bond acceptors (Lipinski definition) is 5. The van der Waals surface area contributed by atoms with E-state index >= 15 is 0 Å². The molecule has 3 aromatic heterocycles. The quantitative estimate of drug-likeness (QED) is 0.550. The van der Waals surface area contributed by atoms with Gasteiger partial charge < -0.3 is 9.88 Å². The number of nitrogens with zero attached hydrogens (tertiary/aromatic N) is 4. The van der Waals surface area contributed by atoms with Gasteiger partial charge in [-0.1, -0.05) is 18.2 Å². The smallest absolute Gasteiger partial charge is 0.262 e. The molecule has 8 heteroatoms. The molecule has 0 radical (unpaired) electrons. The molecule has 1 unspecified atom stereocenters. The largest absolute Gasteiger partial charge is 0.336 e. The van der Waals surface area contributed by atoms with Gasteiger partial charge in [0.2, 0.25) is 5.91 Å². The number of aromatic amines is 1. The molecular formula is C22H21N5O2S. The molecule has 4 heterocycles. The lowest BCUT2D eigenvalue weighted by molar-refractivity contribution is -0.133. The van der Waals surface area contributed by atoms with Crippen molar-refractivity contribution in [2.45, 2.75) is 32.2 Å².